The molecule has 0 atom stereocenters. The van der Waals surface area contributed by atoms with Crippen LogP contribution in [0.5, 0.6) is 5.75 Å². The van der Waals surface area contributed by atoms with Gasteiger partial charge in [-0.15, -0.1) is 0 Å². The zero-order valence-electron chi connectivity index (χ0n) is 16.3. The number of halogens is 6. The minimum atomic E-state index is -4.80. The smallest absolute Gasteiger partial charge is 0.419 e. The van der Waals surface area contributed by atoms with Gasteiger partial charge in [-0.1, -0.05) is 35.9 Å². The maximum absolute atomic E-state index is 14.3. The Morgan fingerprint density at radius 2 is 1.72 bits per heavy atom. The summed E-state index contributed by atoms with van der Waals surface area (Å²) in [4.78, 5) is 11.0. The third-order valence-corrected chi connectivity index (χ3v) is 5.53. The van der Waals surface area contributed by atoms with E-state index in [1.54, 1.807) is 24.3 Å². The first-order valence-electron chi connectivity index (χ1n) is 9.34. The van der Waals surface area contributed by atoms with Crippen molar-refractivity contribution in [3.8, 4) is 5.75 Å². The second-order valence-corrected chi connectivity index (χ2v) is 8.23. The van der Waals surface area contributed by atoms with E-state index in [9.17, 15) is 22.4 Å². The Balaban J connectivity index is 1.80. The summed E-state index contributed by atoms with van der Waals surface area (Å²) in [5, 5.41) is 9.41. The number of hydrogen-bond donors (Lipinski definition) is 1. The number of aryl methyl sites for hydroxylation is 2. The van der Waals surface area contributed by atoms with E-state index < -0.39 is 30.1 Å². The summed E-state index contributed by atoms with van der Waals surface area (Å²) < 4.78 is 59.4. The molecule has 0 saturated carbocycles. The summed E-state index contributed by atoms with van der Waals surface area (Å²) in [6.45, 7) is -0.406. The zero-order valence-corrected chi connectivity index (χ0v) is 18.7. The van der Waals surface area contributed by atoms with Crippen LogP contribution in [0.15, 0.2) is 59.1 Å². The van der Waals surface area contributed by atoms with Gasteiger partial charge in [0.1, 0.15) is 18.2 Å². The van der Waals surface area contributed by atoms with Crippen LogP contribution in [0.3, 0.4) is 0 Å². The Morgan fingerprint density at radius 1 is 1.03 bits per heavy atom. The minimum Gasteiger partial charge on any atom is -0.487 e. The van der Waals surface area contributed by atoms with E-state index in [0.29, 0.717) is 39.7 Å². The molecule has 168 valence electrons. The molecule has 3 aromatic carbocycles. The molecule has 0 aliphatic carbocycles. The van der Waals surface area contributed by atoms with Gasteiger partial charge in [-0.2, -0.15) is 13.2 Å². The van der Waals surface area contributed by atoms with Crippen molar-refractivity contribution in [2.75, 3.05) is 0 Å². The highest BCUT2D eigenvalue weighted by atomic mass is 79.9. The lowest BCUT2D eigenvalue weighted by molar-refractivity contribution is -0.140. The minimum absolute atomic E-state index is 0.173. The van der Waals surface area contributed by atoms with Crippen LogP contribution in [0.4, 0.5) is 17.6 Å². The molecule has 1 N–H and O–H groups in total. The Hall–Kier alpha value is -2.58. The lowest BCUT2D eigenvalue weighted by Crippen LogP contribution is -2.11. The van der Waals surface area contributed by atoms with Crippen molar-refractivity contribution in [3.63, 3.8) is 0 Å². The summed E-state index contributed by atoms with van der Waals surface area (Å²) in [6.07, 6.45) is -3.82. The predicted octanol–water partition coefficient (Wildman–Crippen LogP) is 7.32. The van der Waals surface area contributed by atoms with E-state index in [0.717, 1.165) is 11.6 Å². The summed E-state index contributed by atoms with van der Waals surface area (Å²) in [6, 6.07) is 12.7. The second-order valence-electron chi connectivity index (χ2n) is 6.94. The highest BCUT2D eigenvalue weighted by molar-refractivity contribution is 9.10. The molecule has 3 aromatic rings. The number of carbonyl (C=O) groups is 1. The van der Waals surface area contributed by atoms with E-state index >= 15 is 0 Å². The molecule has 0 amide bonds. The number of hydrogen-bond acceptors (Lipinski definition) is 2. The molecule has 0 spiro atoms. The van der Waals surface area contributed by atoms with Gasteiger partial charge >= 0.3 is 12.1 Å². The van der Waals surface area contributed by atoms with Crippen molar-refractivity contribution < 1.29 is 32.2 Å². The summed E-state index contributed by atoms with van der Waals surface area (Å²) in [5.74, 6) is -2.05. The van der Waals surface area contributed by atoms with Crippen LogP contribution in [-0.2, 0) is 25.6 Å². The number of ether oxygens (including phenoxy) is 1. The van der Waals surface area contributed by atoms with Crippen LogP contribution >= 0.6 is 27.5 Å². The molecular weight excluding hydrogens is 516 g/mol. The summed E-state index contributed by atoms with van der Waals surface area (Å²) >= 11 is 9.48. The van der Waals surface area contributed by atoms with E-state index in [2.05, 4.69) is 15.9 Å². The van der Waals surface area contributed by atoms with Gasteiger partial charge in [-0.3, -0.25) is 0 Å². The first kappa shape index (κ1) is 24.1. The lowest BCUT2D eigenvalue weighted by atomic mass is 10.0. The predicted molar refractivity (Wildman–Crippen MR) is 116 cm³/mol. The van der Waals surface area contributed by atoms with E-state index in [1.165, 1.54) is 18.2 Å². The Bertz CT molecular complexity index is 1130. The van der Waals surface area contributed by atoms with Crippen molar-refractivity contribution in [1.82, 2.24) is 0 Å². The Kier molecular flexibility index (Phi) is 7.46. The number of alkyl halides is 3. The van der Waals surface area contributed by atoms with Crippen LogP contribution in [0.1, 0.15) is 32.6 Å². The molecule has 9 heteroatoms. The highest BCUT2D eigenvalue weighted by Crippen LogP contribution is 2.36. The van der Waals surface area contributed by atoms with Gasteiger partial charge in [-0.05, 0) is 70.2 Å². The van der Waals surface area contributed by atoms with Crippen LogP contribution in [-0.4, -0.2) is 11.1 Å². The van der Waals surface area contributed by atoms with E-state index in [1.807, 2.05) is 0 Å². The number of carboxylic acid groups (broad SMARTS) is 1. The highest BCUT2D eigenvalue weighted by Gasteiger charge is 2.34. The molecule has 3 nitrogen and oxygen atoms in total. The fourth-order valence-electron chi connectivity index (χ4n) is 3.11. The fourth-order valence-corrected chi connectivity index (χ4v) is 4.10. The zero-order chi connectivity index (χ0) is 23.5. The first-order valence-corrected chi connectivity index (χ1v) is 10.5. The molecule has 0 radical (unpaired) electrons. The SMILES string of the molecule is O=C(O)c1ccc(CCc2cc(Cl)cc(Br)c2OCc2cccc(C(F)(F)F)c2F)cc1. The molecule has 32 heavy (non-hydrogen) atoms. The standard InChI is InChI=1S/C23H16BrClF4O3/c24-19-11-17(25)10-15(9-6-13-4-7-14(8-5-13)22(30)31)21(19)32-12-16-2-1-3-18(20(16)26)23(27,28)29/h1-5,7-8,10-11H,6,9,12H2,(H,30,31). The molecular formula is C23H16BrClF4O3. The number of benzene rings is 3. The van der Waals surface area contributed by atoms with Crippen molar-refractivity contribution in [2.24, 2.45) is 0 Å². The largest absolute Gasteiger partial charge is 0.487 e. The van der Waals surface area contributed by atoms with E-state index in [4.69, 9.17) is 21.4 Å². The van der Waals surface area contributed by atoms with Gasteiger partial charge in [0.2, 0.25) is 0 Å². The molecule has 3 rings (SSSR count). The van der Waals surface area contributed by atoms with Crippen molar-refractivity contribution in [1.29, 1.82) is 0 Å². The molecule has 0 saturated heterocycles. The summed E-state index contributed by atoms with van der Waals surface area (Å²) in [7, 11) is 0. The molecule has 0 bridgehead atoms. The van der Waals surface area contributed by atoms with Crippen molar-refractivity contribution in [2.45, 2.75) is 25.6 Å². The van der Waals surface area contributed by atoms with Gasteiger partial charge in [0.05, 0.1) is 15.6 Å². The molecule has 0 fully saturated rings. The Morgan fingerprint density at radius 3 is 2.34 bits per heavy atom. The van der Waals surface area contributed by atoms with Gasteiger partial charge in [0.25, 0.3) is 0 Å². The quantitative estimate of drug-likeness (QED) is 0.325. The van der Waals surface area contributed by atoms with E-state index in [-0.39, 0.29) is 11.1 Å². The second kappa shape index (κ2) is 9.92. The maximum Gasteiger partial charge on any atom is 0.419 e. The number of carboxylic acids is 1. The average molecular weight is 532 g/mol. The van der Waals surface area contributed by atoms with Crippen LogP contribution in [0, 0.1) is 5.82 Å². The monoisotopic (exact) mass is 530 g/mol. The number of aromatic carboxylic acids is 1. The molecule has 0 aromatic heterocycles. The molecule has 0 aliphatic heterocycles. The van der Waals surface area contributed by atoms with Gasteiger partial charge in [0, 0.05) is 10.6 Å². The number of rotatable bonds is 7. The normalized spacial score (nSPS) is 11.4. The third kappa shape index (κ3) is 5.81. The average Bonchev–Trinajstić information content (AvgIpc) is 2.71. The topological polar surface area (TPSA) is 46.5 Å². The van der Waals surface area contributed by atoms with Crippen molar-refractivity contribution in [3.05, 3.63) is 97.7 Å². The maximum atomic E-state index is 14.3. The first-order chi connectivity index (χ1) is 15.1. The molecule has 0 unspecified atom stereocenters. The van der Waals surface area contributed by atoms with Crippen LogP contribution < -0.4 is 4.74 Å². The fraction of sp³-hybridized carbons (Fsp3) is 0.174. The summed E-state index contributed by atoms with van der Waals surface area (Å²) in [5.41, 5.74) is 0.141. The van der Waals surface area contributed by atoms with Gasteiger partial charge in [-0.25, -0.2) is 9.18 Å². The van der Waals surface area contributed by atoms with Crippen molar-refractivity contribution >= 4 is 33.5 Å². The van der Waals surface area contributed by atoms with Gasteiger partial charge in [0.15, 0.2) is 0 Å². The Labute approximate surface area is 194 Å². The third-order valence-electron chi connectivity index (χ3n) is 4.73. The van der Waals surface area contributed by atoms with Crippen LogP contribution in [0.2, 0.25) is 5.02 Å². The van der Waals surface area contributed by atoms with Crippen LogP contribution in [0.25, 0.3) is 0 Å². The molecule has 0 heterocycles. The lowest BCUT2D eigenvalue weighted by Gasteiger charge is -2.16. The van der Waals surface area contributed by atoms with Gasteiger partial charge < -0.3 is 9.84 Å². The molecule has 0 aliphatic rings.